The first-order chi connectivity index (χ1) is 52.9. The largest absolute Gasteiger partial charge is 0.748 e. The molecule has 5 aliphatic rings. The number of carbonyl (C=O) groups excluding carboxylic acids is 4. The van der Waals surface area contributed by atoms with Crippen LogP contribution in [-0.2, 0) is 65.7 Å². The fraction of sp³-hybridized carbons (Fsp3) is 0.357. The van der Waals surface area contributed by atoms with Crippen LogP contribution in [0.4, 0.5) is 17.1 Å². The predicted molar refractivity (Wildman–Crippen MR) is 451 cm³/mol. The van der Waals surface area contributed by atoms with Gasteiger partial charge in [-0.2, -0.15) is 4.58 Å². The van der Waals surface area contributed by atoms with Crippen LogP contribution in [0.1, 0.15) is 167 Å². The lowest BCUT2D eigenvalue weighted by molar-refractivity contribution is -0.438. The first kappa shape index (κ1) is 98.8. The summed E-state index contributed by atoms with van der Waals surface area (Å²) in [5.41, 5.74) is 13.7. The Morgan fingerprint density at radius 1 is 0.667 bits per heavy atom. The van der Waals surface area contributed by atoms with E-state index in [1.165, 1.54) is 71.4 Å². The Bertz CT molecular complexity index is 5700. The van der Waals surface area contributed by atoms with Gasteiger partial charge in [0.2, 0.25) is 11.6 Å². The van der Waals surface area contributed by atoms with Gasteiger partial charge in [0.1, 0.15) is 46.7 Å². The van der Waals surface area contributed by atoms with Crippen molar-refractivity contribution in [2.45, 2.75) is 175 Å². The van der Waals surface area contributed by atoms with E-state index in [2.05, 4.69) is 118 Å². The van der Waals surface area contributed by atoms with Crippen molar-refractivity contribution >= 4 is 144 Å². The van der Waals surface area contributed by atoms with Crippen LogP contribution < -0.4 is 30.6 Å². The standard InChI is InChI=1S/C46H56Cl2N2O5S.C20H14N2O9S2.C14H15Cl2NO6S.4CH4/c1-8-9-25-49-39-22-20-32(2)28-35(39)45(5,6)41(49)17-12-10-13-18-42-46(7,36-29-33(3)21-23-40(36)50(42)26-16-27-56(52,53)54)24-15-11-14-19-43(51)55-44-37(47)30-34(4)31-38(44)48;21-13-7-5-11-15(9-3-1-2-4-10(9)20(23)24)12-6-8-14(22)19(33(28,29)30)17(12)31-16(11)18(13)32(25,26)27;1-8(18)17-4-2-9(3-5-17)14(19)23-13-11(15)6-10(7-12(13)16)24(20,21)22;;;;/h10,12-13,17-18,20-23,28-31H,8-9,11,14-16,19,24-27H2,1-7H3;1-8,21H,22H2,(H,23,24)(H,25,26,27)(H,28,29,30);6-7,9H,2-5H2,1H3,(H,20,21,22);4*1H4/p-4. The number of piperidine rings is 1. The highest BCUT2D eigenvalue weighted by Crippen LogP contribution is 2.52. The lowest BCUT2D eigenvalue weighted by Gasteiger charge is -2.30. The minimum atomic E-state index is -5.33. The van der Waals surface area contributed by atoms with Gasteiger partial charge in [0.25, 0.3) is 0 Å². The zero-order valence-electron chi connectivity index (χ0n) is 62.7. The molecular formula is C84H97Cl4N5O20S4-4. The first-order valence-electron chi connectivity index (χ1n) is 35.7. The second kappa shape index (κ2) is 40.3. The number of unbranched alkanes of at least 4 members (excludes halogenated alkanes) is 3. The molecule has 0 spiro atoms. The summed E-state index contributed by atoms with van der Waals surface area (Å²) in [7, 11) is -19.7. The zero-order valence-corrected chi connectivity index (χ0v) is 69.0. The maximum Gasteiger partial charge on any atom is 0.314 e. The van der Waals surface area contributed by atoms with Gasteiger partial charge >= 0.3 is 11.9 Å². The molecule has 0 radical (unpaired) electrons. The van der Waals surface area contributed by atoms with E-state index < -0.39 is 107 Å². The molecule has 0 saturated carbocycles. The second-order valence-corrected chi connectivity index (χ2v) is 35.5. The number of aromatic carboxylic acids is 1. The molecule has 33 heteroatoms. The number of rotatable bonds is 24. The molecule has 11 rings (SSSR count). The van der Waals surface area contributed by atoms with E-state index in [1.54, 1.807) is 17.0 Å². The van der Waals surface area contributed by atoms with Crippen molar-refractivity contribution in [1.29, 1.82) is 5.41 Å². The summed E-state index contributed by atoms with van der Waals surface area (Å²) in [5, 5.41) is 18.9. The monoisotopic (exact) mass is 1760 g/mol. The predicted octanol–water partition coefficient (Wildman–Crippen LogP) is 16.4. The Morgan fingerprint density at radius 2 is 1.26 bits per heavy atom. The van der Waals surface area contributed by atoms with E-state index in [0.717, 1.165) is 85.4 Å². The molecule has 1 atom stereocenters. The van der Waals surface area contributed by atoms with E-state index in [4.69, 9.17) is 71.4 Å². The number of ether oxygens (including phenoxy) is 2. The molecule has 25 nitrogen and oxygen atoms in total. The van der Waals surface area contributed by atoms with Crippen LogP contribution in [0.5, 0.6) is 11.5 Å². The third-order valence-corrected chi connectivity index (χ3v) is 24.3. The molecule has 1 saturated heterocycles. The number of carboxylic acids is 1. The molecule has 6 aromatic carbocycles. The molecule has 3 N–H and O–H groups in total. The van der Waals surface area contributed by atoms with Crippen LogP contribution in [0, 0.1) is 32.1 Å². The fourth-order valence-electron chi connectivity index (χ4n) is 14.2. The van der Waals surface area contributed by atoms with Crippen LogP contribution in [0.15, 0.2) is 164 Å². The molecular weight excluding hydrogens is 1670 g/mol. The number of esters is 2. The number of fused-ring (bicyclic) bond motifs is 4. The van der Waals surface area contributed by atoms with Crippen LogP contribution in [0.3, 0.4) is 0 Å². The number of nitrogens with one attached hydrogen (secondary N) is 1. The zero-order chi connectivity index (χ0) is 83.2. The van der Waals surface area contributed by atoms with Gasteiger partial charge in [0.05, 0.1) is 63.5 Å². The molecule has 1 aliphatic carbocycles. The topological polar surface area (TPSA) is 411 Å². The van der Waals surface area contributed by atoms with E-state index >= 15 is 0 Å². The van der Waals surface area contributed by atoms with E-state index in [-0.39, 0.29) is 109 Å². The van der Waals surface area contributed by atoms with E-state index in [9.17, 15) is 76.2 Å². The SMILES string of the molecule is C.C.C.C.CC(=O)N1CCC(C(=O)Oc2c(Cl)cc(S(=O)(=O)[O-])cc2Cl)CC1.CCCC[N+]1=C(/C=C/C=C/C=C2\N(CCCS(=O)(=O)[O-])c3ccc(C)cc3C2(C)CCCCCC(=O)Oc2c(Cl)cc(C)cc2Cl)C(C)(C)c2cc(C)ccc21.N=c1ccc2c(-c3ccccc3C(=O)[O-])c3ccc(N)c(S(=O)(=O)[O-])c3oc-2c1S(=O)(=O)[O-]. The number of carbonyl (C=O) groups is 4. The molecule has 1 amide bonds. The first-order valence-corrected chi connectivity index (χ1v) is 43.0. The molecule has 634 valence electrons. The van der Waals surface area contributed by atoms with Gasteiger partial charge in [0.15, 0.2) is 28.6 Å². The Morgan fingerprint density at radius 3 is 1.84 bits per heavy atom. The van der Waals surface area contributed by atoms with Crippen molar-refractivity contribution in [3.8, 4) is 33.9 Å². The van der Waals surface area contributed by atoms with Gasteiger partial charge in [-0.3, -0.25) is 19.8 Å². The van der Waals surface area contributed by atoms with Gasteiger partial charge < -0.3 is 57.5 Å². The van der Waals surface area contributed by atoms with Crippen molar-refractivity contribution in [3.63, 3.8) is 0 Å². The van der Waals surface area contributed by atoms with Crippen molar-refractivity contribution in [2.75, 3.05) is 42.6 Å². The second-order valence-electron chi connectivity index (χ2n) is 28.3. The summed E-state index contributed by atoms with van der Waals surface area (Å²) in [4.78, 5) is 49.0. The molecule has 4 heterocycles. The van der Waals surface area contributed by atoms with Gasteiger partial charge in [-0.25, -0.2) is 33.7 Å². The Hall–Kier alpha value is -8.82. The summed E-state index contributed by atoms with van der Waals surface area (Å²) in [6.45, 7) is 18.9. The number of carboxylic acid groups (broad SMARTS) is 1. The average Bonchev–Trinajstić information content (AvgIpc) is 1.72. The summed E-state index contributed by atoms with van der Waals surface area (Å²) >= 11 is 24.3. The summed E-state index contributed by atoms with van der Waals surface area (Å²) in [6, 6.07) is 28.3. The molecule has 0 bridgehead atoms. The Labute approximate surface area is 705 Å². The number of aryl methyl sites for hydroxylation is 3. The maximum absolute atomic E-state index is 12.7. The number of anilines is 2. The number of nitrogens with zero attached hydrogens (tertiary/aromatic N) is 3. The number of hydrogen-bond acceptors (Lipinski definition) is 23. The van der Waals surface area contributed by atoms with Crippen LogP contribution in [0.2, 0.25) is 20.1 Å². The number of likely N-dealkylation sites (tertiary alicyclic amines) is 1. The minimum absolute atomic E-state index is 0. The Balaban J connectivity index is 0.000000339. The quantitative estimate of drug-likeness (QED) is 0.00829. The molecule has 1 unspecified atom stereocenters. The normalized spacial score (nSPS) is 15.6. The molecule has 4 aliphatic heterocycles. The summed E-state index contributed by atoms with van der Waals surface area (Å²) < 4.78 is 158. The van der Waals surface area contributed by atoms with Crippen molar-refractivity contribution in [2.24, 2.45) is 5.92 Å². The van der Waals surface area contributed by atoms with Crippen molar-refractivity contribution in [3.05, 3.63) is 204 Å². The number of nitrogen functional groups attached to an aromatic ring is 1. The van der Waals surface area contributed by atoms with Gasteiger partial charge in [-0.1, -0.05) is 174 Å². The minimum Gasteiger partial charge on any atom is -0.748 e. The molecule has 1 fully saturated rings. The number of nitrogens with two attached hydrogens (primary N) is 1. The number of allylic oxidation sites excluding steroid dienone is 6. The highest BCUT2D eigenvalue weighted by atomic mass is 35.5. The number of amides is 1. The maximum atomic E-state index is 12.7. The van der Waals surface area contributed by atoms with Gasteiger partial charge in [-0.05, 0) is 157 Å². The number of halogens is 4. The average molecular weight is 1770 g/mol. The fourth-order valence-corrected chi connectivity index (χ4v) is 18.0. The van der Waals surface area contributed by atoms with Crippen LogP contribution in [0.25, 0.3) is 33.4 Å². The third kappa shape index (κ3) is 23.2. The van der Waals surface area contributed by atoms with E-state index in [1.807, 2.05) is 6.92 Å². The molecule has 6 aromatic rings. The lowest BCUT2D eigenvalue weighted by atomic mass is 9.76. The number of hydrogen-bond donors (Lipinski definition) is 2. The molecule has 117 heavy (non-hydrogen) atoms. The summed E-state index contributed by atoms with van der Waals surface area (Å²) in [5.74, 6) is -4.18. The highest BCUT2D eigenvalue weighted by Gasteiger charge is 2.45. The highest BCUT2D eigenvalue weighted by molar-refractivity contribution is 7.86. The Kier molecular flexibility index (Phi) is 34.0. The van der Waals surface area contributed by atoms with Crippen molar-refractivity contribution < 1.29 is 94.6 Å². The lowest BCUT2D eigenvalue weighted by Crippen LogP contribution is -2.40. The smallest absolute Gasteiger partial charge is 0.314 e. The van der Waals surface area contributed by atoms with Crippen molar-refractivity contribution in [1.82, 2.24) is 4.90 Å². The van der Waals surface area contributed by atoms with Gasteiger partial charge in [0, 0.05) is 102 Å². The third-order valence-electron chi connectivity index (χ3n) is 19.7. The molecule has 0 aromatic heterocycles. The number of benzene rings is 7. The van der Waals surface area contributed by atoms with Gasteiger partial charge in [-0.15, -0.1) is 0 Å². The summed E-state index contributed by atoms with van der Waals surface area (Å²) in [6.07, 6.45) is 17.2. The van der Waals surface area contributed by atoms with E-state index in [0.29, 0.717) is 48.9 Å². The van der Waals surface area contributed by atoms with Crippen LogP contribution >= 0.6 is 46.4 Å². The van der Waals surface area contributed by atoms with Crippen LogP contribution in [-0.4, -0.2) is 123 Å².